The Labute approximate surface area is 153 Å². The molecule has 2 heteroatoms. The average molecular weight is 343 g/mol. The Kier molecular flexibility index (Phi) is 8.65. The van der Waals surface area contributed by atoms with Crippen LogP contribution in [0.5, 0.6) is 11.5 Å². The van der Waals surface area contributed by atoms with Crippen molar-refractivity contribution < 1.29 is 9.47 Å². The van der Waals surface area contributed by atoms with Gasteiger partial charge in [-0.2, -0.15) is 0 Å². The van der Waals surface area contributed by atoms with Crippen molar-refractivity contribution in [2.24, 2.45) is 0 Å². The number of hydrogen-bond donors (Lipinski definition) is 0. The molecule has 0 radical (unpaired) electrons. The predicted octanol–water partition coefficient (Wildman–Crippen LogP) is 7.07. The Morgan fingerprint density at radius 2 is 1.20 bits per heavy atom. The van der Waals surface area contributed by atoms with Crippen LogP contribution in [0.1, 0.15) is 70.8 Å². The molecule has 2 nitrogen and oxygen atoms in total. The normalized spacial score (nSPS) is 11.0. The lowest BCUT2D eigenvalue weighted by molar-refractivity contribution is 0.302. The van der Waals surface area contributed by atoms with Gasteiger partial charge < -0.3 is 9.47 Å². The van der Waals surface area contributed by atoms with Crippen molar-refractivity contribution >= 4 is 10.8 Å². The standard InChI is InChI=1S/C23H34O2/c1-4-6-8-10-16-24-22-14-15-23(25-17-11-9-7-5-2)21-18-19(3)12-13-20(21)22/h12-15,18H,4-11,16-17H2,1-3H3. The topological polar surface area (TPSA) is 18.5 Å². The van der Waals surface area contributed by atoms with Crippen LogP contribution in [0.2, 0.25) is 0 Å². The smallest absolute Gasteiger partial charge is 0.127 e. The van der Waals surface area contributed by atoms with Crippen molar-refractivity contribution in [2.45, 2.75) is 72.1 Å². The molecule has 0 saturated heterocycles. The van der Waals surface area contributed by atoms with E-state index in [9.17, 15) is 0 Å². The molecule has 0 aliphatic rings. The third-order valence-corrected chi connectivity index (χ3v) is 4.60. The molecule has 2 rings (SSSR count). The van der Waals surface area contributed by atoms with E-state index in [1.165, 1.54) is 49.5 Å². The van der Waals surface area contributed by atoms with E-state index in [1.54, 1.807) is 0 Å². The van der Waals surface area contributed by atoms with Gasteiger partial charge >= 0.3 is 0 Å². The van der Waals surface area contributed by atoms with Crippen molar-refractivity contribution in [1.29, 1.82) is 0 Å². The third kappa shape index (κ3) is 6.26. The molecular formula is C23H34O2. The molecule has 0 unspecified atom stereocenters. The largest absolute Gasteiger partial charge is 0.493 e. The fraction of sp³-hybridized carbons (Fsp3) is 0.565. The zero-order valence-corrected chi connectivity index (χ0v) is 16.3. The number of fused-ring (bicyclic) bond motifs is 1. The maximum absolute atomic E-state index is 6.08. The summed E-state index contributed by atoms with van der Waals surface area (Å²) >= 11 is 0. The maximum Gasteiger partial charge on any atom is 0.127 e. The molecule has 0 N–H and O–H groups in total. The van der Waals surface area contributed by atoms with Gasteiger partial charge in [0.25, 0.3) is 0 Å². The van der Waals surface area contributed by atoms with Crippen molar-refractivity contribution in [3.63, 3.8) is 0 Å². The van der Waals surface area contributed by atoms with Gasteiger partial charge in [0.2, 0.25) is 0 Å². The van der Waals surface area contributed by atoms with Gasteiger partial charge in [-0.15, -0.1) is 0 Å². The number of unbranched alkanes of at least 4 members (excludes halogenated alkanes) is 6. The minimum absolute atomic E-state index is 0.792. The Bertz CT molecular complexity index is 633. The molecule has 25 heavy (non-hydrogen) atoms. The molecule has 0 aliphatic carbocycles. The third-order valence-electron chi connectivity index (χ3n) is 4.60. The van der Waals surface area contributed by atoms with Crippen LogP contribution in [-0.4, -0.2) is 13.2 Å². The van der Waals surface area contributed by atoms with Crippen molar-refractivity contribution in [2.75, 3.05) is 13.2 Å². The van der Waals surface area contributed by atoms with Gasteiger partial charge in [0.1, 0.15) is 11.5 Å². The second kappa shape index (κ2) is 11.0. The second-order valence-corrected chi connectivity index (χ2v) is 6.93. The van der Waals surface area contributed by atoms with E-state index in [0.717, 1.165) is 42.9 Å². The molecule has 2 aromatic carbocycles. The molecule has 138 valence electrons. The number of benzene rings is 2. The molecule has 0 saturated carbocycles. The monoisotopic (exact) mass is 342 g/mol. The molecule has 2 aromatic rings. The molecular weight excluding hydrogens is 308 g/mol. The van der Waals surface area contributed by atoms with Crippen molar-refractivity contribution in [3.8, 4) is 11.5 Å². The van der Waals surface area contributed by atoms with Gasteiger partial charge in [-0.25, -0.2) is 0 Å². The van der Waals surface area contributed by atoms with Crippen LogP contribution in [0.15, 0.2) is 30.3 Å². The van der Waals surface area contributed by atoms with Crippen molar-refractivity contribution in [1.82, 2.24) is 0 Å². The van der Waals surface area contributed by atoms with Crippen LogP contribution in [0.3, 0.4) is 0 Å². The van der Waals surface area contributed by atoms with E-state index < -0.39 is 0 Å². The van der Waals surface area contributed by atoms with Gasteiger partial charge in [-0.05, 0) is 38.0 Å². The Morgan fingerprint density at radius 1 is 0.640 bits per heavy atom. The van der Waals surface area contributed by atoms with Gasteiger partial charge in [-0.1, -0.05) is 70.1 Å². The molecule has 0 bridgehead atoms. The number of ether oxygens (including phenoxy) is 2. The summed E-state index contributed by atoms with van der Waals surface area (Å²) in [5.74, 6) is 1.96. The van der Waals surface area contributed by atoms with E-state index in [2.05, 4.69) is 51.1 Å². The first kappa shape index (κ1) is 19.6. The first-order valence-electron chi connectivity index (χ1n) is 10.0. The first-order chi connectivity index (χ1) is 12.3. The summed E-state index contributed by atoms with van der Waals surface area (Å²) in [6, 6.07) is 10.7. The first-order valence-corrected chi connectivity index (χ1v) is 10.0. The lowest BCUT2D eigenvalue weighted by Gasteiger charge is -2.14. The minimum Gasteiger partial charge on any atom is -0.493 e. The van der Waals surface area contributed by atoms with E-state index in [4.69, 9.17) is 9.47 Å². The van der Waals surface area contributed by atoms with Gasteiger partial charge in [0.15, 0.2) is 0 Å². The van der Waals surface area contributed by atoms with Crippen LogP contribution < -0.4 is 9.47 Å². The zero-order chi connectivity index (χ0) is 17.9. The number of rotatable bonds is 12. The molecule has 0 spiro atoms. The fourth-order valence-electron chi connectivity index (χ4n) is 3.08. The fourth-order valence-corrected chi connectivity index (χ4v) is 3.08. The average Bonchev–Trinajstić information content (AvgIpc) is 2.62. The SMILES string of the molecule is CCCCCCOc1ccc(OCCCCCC)c2cc(C)ccc12. The summed E-state index contributed by atoms with van der Waals surface area (Å²) in [7, 11) is 0. The van der Waals surface area contributed by atoms with Crippen molar-refractivity contribution in [3.05, 3.63) is 35.9 Å². The van der Waals surface area contributed by atoms with Gasteiger partial charge in [0, 0.05) is 10.8 Å². The summed E-state index contributed by atoms with van der Waals surface area (Å²) < 4.78 is 12.1. The summed E-state index contributed by atoms with van der Waals surface area (Å²) in [5, 5.41) is 2.33. The lowest BCUT2D eigenvalue weighted by Crippen LogP contribution is -2.01. The highest BCUT2D eigenvalue weighted by molar-refractivity contribution is 5.93. The second-order valence-electron chi connectivity index (χ2n) is 6.93. The molecule has 0 aromatic heterocycles. The molecule has 0 amide bonds. The number of aryl methyl sites for hydroxylation is 1. The number of hydrogen-bond acceptors (Lipinski definition) is 2. The van der Waals surface area contributed by atoms with Crippen LogP contribution in [0, 0.1) is 6.92 Å². The van der Waals surface area contributed by atoms with Crippen LogP contribution >= 0.6 is 0 Å². The zero-order valence-electron chi connectivity index (χ0n) is 16.3. The highest BCUT2D eigenvalue weighted by Crippen LogP contribution is 2.34. The highest BCUT2D eigenvalue weighted by atomic mass is 16.5. The molecule has 0 aliphatic heterocycles. The maximum atomic E-state index is 6.08. The van der Waals surface area contributed by atoms with Gasteiger partial charge in [-0.3, -0.25) is 0 Å². The van der Waals surface area contributed by atoms with Crippen LogP contribution in [-0.2, 0) is 0 Å². The highest BCUT2D eigenvalue weighted by Gasteiger charge is 2.09. The summed E-state index contributed by atoms with van der Waals surface area (Å²) in [6.45, 7) is 8.18. The lowest BCUT2D eigenvalue weighted by atomic mass is 10.1. The Hall–Kier alpha value is -1.70. The quantitative estimate of drug-likeness (QED) is 0.384. The summed E-state index contributed by atoms with van der Waals surface area (Å²) in [6.07, 6.45) is 9.81. The summed E-state index contributed by atoms with van der Waals surface area (Å²) in [5.41, 5.74) is 1.25. The Morgan fingerprint density at radius 3 is 1.76 bits per heavy atom. The minimum atomic E-state index is 0.792. The van der Waals surface area contributed by atoms with E-state index >= 15 is 0 Å². The molecule has 0 heterocycles. The predicted molar refractivity (Wildman–Crippen MR) is 108 cm³/mol. The van der Waals surface area contributed by atoms with Crippen LogP contribution in [0.4, 0.5) is 0 Å². The Balaban J connectivity index is 2.05. The van der Waals surface area contributed by atoms with E-state index in [-0.39, 0.29) is 0 Å². The molecule has 0 fully saturated rings. The van der Waals surface area contributed by atoms with Gasteiger partial charge in [0.05, 0.1) is 13.2 Å². The molecule has 0 atom stereocenters. The van der Waals surface area contributed by atoms with E-state index in [0.29, 0.717) is 0 Å². The summed E-state index contributed by atoms with van der Waals surface area (Å²) in [4.78, 5) is 0. The van der Waals surface area contributed by atoms with Crippen LogP contribution in [0.25, 0.3) is 10.8 Å². The van der Waals surface area contributed by atoms with E-state index in [1.807, 2.05) is 0 Å².